The van der Waals surface area contributed by atoms with Gasteiger partial charge in [-0.15, -0.1) is 32.6 Å². The van der Waals surface area contributed by atoms with Crippen molar-refractivity contribution in [2.24, 2.45) is 0 Å². The minimum absolute atomic E-state index is 0. The van der Waals surface area contributed by atoms with Crippen LogP contribution in [0.4, 0.5) is 0 Å². The van der Waals surface area contributed by atoms with Crippen molar-refractivity contribution >= 4 is 0 Å². The molecule has 0 aromatic carbocycles. The van der Waals surface area contributed by atoms with Crippen molar-refractivity contribution in [3.05, 3.63) is 25.8 Å². The molecule has 0 saturated carbocycles. The van der Waals surface area contributed by atoms with Crippen molar-refractivity contribution in [3.63, 3.8) is 0 Å². The largest absolute Gasteiger partial charge is 0.124 e. The minimum atomic E-state index is 0. The number of terminal acetylenes is 1. The molecule has 0 aromatic rings. The van der Waals surface area contributed by atoms with E-state index in [9.17, 15) is 0 Å². The van der Waals surface area contributed by atoms with Crippen molar-refractivity contribution in [1.29, 1.82) is 0 Å². The first-order chi connectivity index (χ1) is 5.83. The monoisotopic (exact) mass is 186 g/mol. The predicted octanol–water partition coefficient (Wildman–Crippen LogP) is 5.32. The van der Waals surface area contributed by atoms with E-state index in [0.29, 0.717) is 0 Å². The van der Waals surface area contributed by atoms with Gasteiger partial charge >= 0.3 is 0 Å². The smallest absolute Gasteiger partial charge is 0.0473 e. The average Bonchev–Trinajstić information content (AvgIpc) is 2.16. The Morgan fingerprint density at radius 3 is 1.08 bits per heavy atom. The zero-order valence-corrected chi connectivity index (χ0v) is 9.56. The molecule has 0 spiro atoms. The van der Waals surface area contributed by atoms with Crippen molar-refractivity contribution < 1.29 is 0 Å². The predicted molar refractivity (Wildman–Crippen MR) is 71.1 cm³/mol. The second kappa shape index (κ2) is 1030. The van der Waals surface area contributed by atoms with E-state index in [2.05, 4.69) is 46.4 Å². The molecular weight excluding hydrogens is 156 g/mol. The second-order valence-corrected chi connectivity index (χ2v) is 1.12. The fourth-order valence-corrected chi connectivity index (χ4v) is 0. The van der Waals surface area contributed by atoms with Crippen LogP contribution in [0.5, 0.6) is 0 Å². The van der Waals surface area contributed by atoms with E-state index in [1.54, 1.807) is 6.08 Å². The normalized spacial score (nSPS) is 3.31. The average molecular weight is 186 g/mol. The van der Waals surface area contributed by atoms with Crippen LogP contribution in [0, 0.1) is 12.8 Å². The second-order valence-electron chi connectivity index (χ2n) is 1.12. The number of hydrogen-bond donors (Lipinski definition) is 0. The first-order valence-corrected chi connectivity index (χ1v) is 4.23. The summed E-state index contributed by atoms with van der Waals surface area (Å²) in [5.41, 5.74) is 0. The molecule has 0 bridgehead atoms. The highest BCUT2D eigenvalue weighted by Gasteiger charge is 1.35. The Morgan fingerprint density at radius 1 is 1.08 bits per heavy atom. The Morgan fingerprint density at radius 2 is 1.08 bits per heavy atom. The van der Waals surface area contributed by atoms with E-state index in [0.717, 1.165) is 0 Å². The zero-order chi connectivity index (χ0) is 11.4. The van der Waals surface area contributed by atoms with Crippen LogP contribution in [0.3, 0.4) is 0 Å². The van der Waals surface area contributed by atoms with Gasteiger partial charge in [-0.2, -0.15) is 0 Å². The van der Waals surface area contributed by atoms with Gasteiger partial charge in [0.15, 0.2) is 0 Å². The van der Waals surface area contributed by atoms with Gasteiger partial charge in [-0.05, 0) is 6.92 Å². The first-order valence-electron chi connectivity index (χ1n) is 4.23. The molecule has 0 rings (SSSR count). The van der Waals surface area contributed by atoms with E-state index >= 15 is 0 Å². The molecule has 0 heteroatoms. The summed E-state index contributed by atoms with van der Waals surface area (Å²) in [6, 6.07) is 0. The molecule has 0 aliphatic carbocycles. The lowest BCUT2D eigenvalue weighted by Gasteiger charge is -1.48. The number of rotatable bonds is 0. The lowest BCUT2D eigenvalue weighted by atomic mass is 10.6. The Kier molecular flexibility index (Phi) is 3180. The molecule has 0 saturated heterocycles. The highest BCUT2D eigenvalue weighted by atomic mass is 13.4. The molecule has 0 nitrogen and oxygen atoms in total. The molecule has 82 valence electrons. The molecule has 0 N–H and O–H groups in total. The fourth-order valence-electron chi connectivity index (χ4n) is 0. The summed E-state index contributed by atoms with van der Waals surface area (Å²) in [6.45, 7) is 19.5. The van der Waals surface area contributed by atoms with E-state index in [1.165, 1.54) is 6.42 Å². The summed E-state index contributed by atoms with van der Waals surface area (Å²) < 4.78 is 0. The standard InChI is InChI=1S/C3H8.C3H6.C2H6.C2H4.C2H2.CH4/c2*1-3-2;3*1-2;/h3H2,1-2H3;3H,1H2,2H3;1-2H3;1-2H2;1-2H;1H4. The third-order valence-electron chi connectivity index (χ3n) is 0. The molecule has 13 heavy (non-hydrogen) atoms. The Labute approximate surface area is 87.8 Å². The molecule has 0 heterocycles. The third-order valence-corrected chi connectivity index (χ3v) is 0. The van der Waals surface area contributed by atoms with Gasteiger partial charge in [0.2, 0.25) is 0 Å². The van der Waals surface area contributed by atoms with Crippen LogP contribution in [0.1, 0.15) is 48.5 Å². The summed E-state index contributed by atoms with van der Waals surface area (Å²) in [5, 5.41) is 0. The van der Waals surface area contributed by atoms with Crippen LogP contribution in [-0.4, -0.2) is 0 Å². The molecule has 0 amide bonds. The Hall–Kier alpha value is -0.960. The molecule has 0 aliphatic heterocycles. The van der Waals surface area contributed by atoms with Gasteiger partial charge < -0.3 is 0 Å². The summed E-state index contributed by atoms with van der Waals surface area (Å²) >= 11 is 0. The van der Waals surface area contributed by atoms with Gasteiger partial charge in [0.05, 0.1) is 0 Å². The molecule has 0 unspecified atom stereocenters. The molecular formula is C13H30. The minimum Gasteiger partial charge on any atom is -0.124 e. The maximum Gasteiger partial charge on any atom is -0.0473 e. The van der Waals surface area contributed by atoms with E-state index < -0.39 is 0 Å². The van der Waals surface area contributed by atoms with Gasteiger partial charge in [-0.25, -0.2) is 0 Å². The van der Waals surface area contributed by atoms with Gasteiger partial charge in [0.25, 0.3) is 0 Å². The van der Waals surface area contributed by atoms with Crippen LogP contribution in [0.15, 0.2) is 25.8 Å². The fraction of sp³-hybridized carbons (Fsp3) is 0.538. The van der Waals surface area contributed by atoms with E-state index in [4.69, 9.17) is 0 Å². The van der Waals surface area contributed by atoms with Crippen LogP contribution >= 0.6 is 0 Å². The summed E-state index contributed by atoms with van der Waals surface area (Å²) in [7, 11) is 0. The van der Waals surface area contributed by atoms with E-state index in [-0.39, 0.29) is 7.43 Å². The van der Waals surface area contributed by atoms with Gasteiger partial charge in [0, 0.05) is 0 Å². The van der Waals surface area contributed by atoms with Crippen LogP contribution in [0.2, 0.25) is 0 Å². The Balaban J connectivity index is -0.0000000118. The maximum absolute atomic E-state index is 4.00. The lowest BCUT2D eigenvalue weighted by molar-refractivity contribution is 1.09. The van der Waals surface area contributed by atoms with Crippen LogP contribution in [0.25, 0.3) is 0 Å². The van der Waals surface area contributed by atoms with Gasteiger partial charge in [-0.1, -0.05) is 47.6 Å². The molecule has 0 aliphatic rings. The van der Waals surface area contributed by atoms with Gasteiger partial charge in [-0.3, -0.25) is 0 Å². The highest BCUT2D eigenvalue weighted by Crippen LogP contribution is 1.56. The number of hydrogen-bond acceptors (Lipinski definition) is 0. The summed E-state index contributed by atoms with van der Waals surface area (Å²) in [5.74, 6) is 0. The van der Waals surface area contributed by atoms with Crippen LogP contribution < -0.4 is 0 Å². The third kappa shape index (κ3) is 979. The highest BCUT2D eigenvalue weighted by molar-refractivity contribution is 4.51. The zero-order valence-electron chi connectivity index (χ0n) is 9.56. The molecule has 0 aromatic heterocycles. The van der Waals surface area contributed by atoms with Crippen molar-refractivity contribution in [3.8, 4) is 12.8 Å². The van der Waals surface area contributed by atoms with E-state index in [1.807, 2.05) is 20.8 Å². The quantitative estimate of drug-likeness (QED) is 0.355. The summed E-state index contributed by atoms with van der Waals surface area (Å²) in [6.07, 6.45) is 11.0. The first kappa shape index (κ1) is 40.2. The SMILES string of the molecule is C.C#C.C=C.C=CC.CC.CCC. The van der Waals surface area contributed by atoms with Crippen molar-refractivity contribution in [2.75, 3.05) is 0 Å². The topological polar surface area (TPSA) is 0 Å². The Bertz CT molecular complexity index is 41.2. The van der Waals surface area contributed by atoms with Crippen LogP contribution in [-0.2, 0) is 0 Å². The van der Waals surface area contributed by atoms with Crippen molar-refractivity contribution in [2.45, 2.75) is 48.5 Å². The van der Waals surface area contributed by atoms with Crippen molar-refractivity contribution in [1.82, 2.24) is 0 Å². The lowest BCUT2D eigenvalue weighted by Crippen LogP contribution is -1.27. The molecule has 0 fully saturated rings. The van der Waals surface area contributed by atoms with Gasteiger partial charge in [0.1, 0.15) is 0 Å². The molecule has 0 atom stereocenters. The number of allylic oxidation sites excluding steroid dienone is 1. The maximum atomic E-state index is 4.00. The molecule has 0 radical (unpaired) electrons. The summed E-state index contributed by atoms with van der Waals surface area (Å²) in [4.78, 5) is 0.